The molecule has 1 unspecified atom stereocenters. The second-order valence-corrected chi connectivity index (χ2v) is 10.2. The number of alkyl halides is 2. The molecule has 9 heteroatoms. The number of hydrogen-bond donors (Lipinski definition) is 1. The van der Waals surface area contributed by atoms with Crippen LogP contribution in [0.25, 0.3) is 6.08 Å². The maximum atomic E-state index is 14.8. The molecule has 5 rings (SSSR count). The molecule has 0 saturated carbocycles. The first-order chi connectivity index (χ1) is 17.8. The van der Waals surface area contributed by atoms with Crippen molar-refractivity contribution in [1.82, 2.24) is 14.8 Å². The molecule has 3 atom stereocenters. The predicted octanol–water partition coefficient (Wildman–Crippen LogP) is 5.82. The molecule has 1 aromatic heterocycles. The van der Waals surface area contributed by atoms with Gasteiger partial charge in [0.2, 0.25) is 0 Å². The fourth-order valence-corrected chi connectivity index (χ4v) is 5.94. The molecule has 2 saturated heterocycles. The molecule has 0 spiro atoms. The van der Waals surface area contributed by atoms with Gasteiger partial charge in [0.15, 0.2) is 0 Å². The zero-order chi connectivity index (χ0) is 26.2. The summed E-state index contributed by atoms with van der Waals surface area (Å²) in [7, 11) is 1.70. The fraction of sp³-hybridized carbons (Fsp3) is 0.500. The van der Waals surface area contributed by atoms with E-state index in [0.29, 0.717) is 19.5 Å². The van der Waals surface area contributed by atoms with Crippen LogP contribution in [0.1, 0.15) is 61.0 Å². The number of rotatable bonds is 6. The van der Waals surface area contributed by atoms with Crippen LogP contribution in [0.5, 0.6) is 0 Å². The number of ether oxygens (including phenoxy) is 1. The predicted molar refractivity (Wildman–Crippen MR) is 136 cm³/mol. The monoisotopic (exact) mass is 514 g/mol. The average molecular weight is 515 g/mol. The van der Waals surface area contributed by atoms with Gasteiger partial charge in [-0.15, -0.1) is 0 Å². The normalized spacial score (nSPS) is 24.0. The van der Waals surface area contributed by atoms with Crippen LogP contribution in [0.3, 0.4) is 0 Å². The van der Waals surface area contributed by atoms with Gasteiger partial charge < -0.3 is 19.9 Å². The Kier molecular flexibility index (Phi) is 7.16. The molecule has 2 aliphatic heterocycles. The molecule has 1 aliphatic carbocycles. The van der Waals surface area contributed by atoms with Crippen molar-refractivity contribution in [2.75, 3.05) is 38.6 Å². The highest BCUT2D eigenvalue weighted by atomic mass is 19.3. The summed E-state index contributed by atoms with van der Waals surface area (Å²) < 4.78 is 47.4. The number of carbonyl (C=O) groups excluding carboxylic acids is 1. The number of halogens is 3. The highest BCUT2D eigenvalue weighted by Crippen LogP contribution is 2.41. The number of benzene rings is 1. The minimum Gasteiger partial charge on any atom is -0.378 e. The Morgan fingerprint density at radius 3 is 2.65 bits per heavy atom. The number of likely N-dealkylation sites (tertiary alicyclic amines) is 2. The third-order valence-corrected chi connectivity index (χ3v) is 8.12. The van der Waals surface area contributed by atoms with Gasteiger partial charge in [-0.3, -0.25) is 4.98 Å². The topological polar surface area (TPSA) is 57.7 Å². The maximum Gasteiger partial charge on any atom is 0.320 e. The number of amides is 2. The third-order valence-electron chi connectivity index (χ3n) is 8.12. The number of aromatic nitrogens is 1. The maximum absolute atomic E-state index is 14.8. The van der Waals surface area contributed by atoms with Crippen molar-refractivity contribution in [3.8, 4) is 0 Å². The summed E-state index contributed by atoms with van der Waals surface area (Å²) in [5.41, 5.74) is 1.63. The van der Waals surface area contributed by atoms with E-state index in [4.69, 9.17) is 4.74 Å². The minimum atomic E-state index is -2.87. The average Bonchev–Trinajstić information content (AvgIpc) is 3.59. The summed E-state index contributed by atoms with van der Waals surface area (Å²) in [5, 5.41) is 3.33. The first kappa shape index (κ1) is 25.6. The van der Waals surface area contributed by atoms with Crippen LogP contribution in [-0.2, 0) is 11.2 Å². The van der Waals surface area contributed by atoms with Crippen molar-refractivity contribution in [2.24, 2.45) is 5.92 Å². The van der Waals surface area contributed by atoms with Gasteiger partial charge in [0.1, 0.15) is 5.82 Å². The molecule has 0 radical (unpaired) electrons. The first-order valence-corrected chi connectivity index (χ1v) is 12.9. The lowest BCUT2D eigenvalue weighted by molar-refractivity contribution is -0.0331. The van der Waals surface area contributed by atoms with Crippen LogP contribution in [0.4, 0.5) is 23.7 Å². The highest BCUT2D eigenvalue weighted by Gasteiger charge is 2.47. The van der Waals surface area contributed by atoms with Crippen molar-refractivity contribution in [3.05, 3.63) is 64.7 Å². The van der Waals surface area contributed by atoms with Crippen LogP contribution in [-0.4, -0.2) is 59.7 Å². The summed E-state index contributed by atoms with van der Waals surface area (Å²) in [6.45, 7) is 4.55. The Morgan fingerprint density at radius 2 is 1.92 bits per heavy atom. The van der Waals surface area contributed by atoms with Gasteiger partial charge in [-0.1, -0.05) is 24.3 Å². The second kappa shape index (κ2) is 10.4. The lowest BCUT2D eigenvalue weighted by Crippen LogP contribution is -2.47. The van der Waals surface area contributed by atoms with Crippen LogP contribution in [0, 0.1) is 11.7 Å². The standard InChI is InChI=1S/C28H33F3N4O2/c1-18(20-6-5-7-21(25(20)29)26(30)31)33-24-10-12-32-23-9-8-19(16-22(23)24)28(37-2)11-15-35(17-28)27(36)34-13-3-4-14-34/h5-10,12,18-19,26H,3-4,11,13-17H2,1-2H3,(H,32,33)/t18-,19?,28-/m1/s1. The number of fused-ring (bicyclic) bond motifs is 1. The quantitative estimate of drug-likeness (QED) is 0.528. The summed E-state index contributed by atoms with van der Waals surface area (Å²) in [6, 6.07) is 5.48. The molecular formula is C28H33F3N4O2. The van der Waals surface area contributed by atoms with E-state index in [1.54, 1.807) is 20.2 Å². The number of pyridine rings is 1. The first-order valence-electron chi connectivity index (χ1n) is 12.9. The Labute approximate surface area is 215 Å². The van der Waals surface area contributed by atoms with Crippen LogP contribution in [0.15, 0.2) is 36.5 Å². The number of anilines is 1. The summed E-state index contributed by atoms with van der Waals surface area (Å²) >= 11 is 0. The Balaban J connectivity index is 1.35. The van der Waals surface area contributed by atoms with Gasteiger partial charge in [-0.25, -0.2) is 18.0 Å². The van der Waals surface area contributed by atoms with Crippen LogP contribution >= 0.6 is 0 Å². The zero-order valence-corrected chi connectivity index (χ0v) is 21.2. The Hall–Kier alpha value is -3.07. The van der Waals surface area contributed by atoms with Gasteiger partial charge in [-0.2, -0.15) is 0 Å². The van der Waals surface area contributed by atoms with E-state index in [-0.39, 0.29) is 17.5 Å². The number of nitrogens with zero attached hydrogens (tertiary/aromatic N) is 3. The number of nitrogens with one attached hydrogen (secondary N) is 1. The van der Waals surface area contributed by atoms with Gasteiger partial charge in [0.05, 0.1) is 29.4 Å². The minimum absolute atomic E-state index is 0.0142. The van der Waals surface area contributed by atoms with Crippen molar-refractivity contribution in [3.63, 3.8) is 0 Å². The summed E-state index contributed by atoms with van der Waals surface area (Å²) in [4.78, 5) is 21.4. The number of methoxy groups -OCH3 is 1. The van der Waals surface area contributed by atoms with Gasteiger partial charge in [0.25, 0.3) is 6.43 Å². The Bertz CT molecular complexity index is 1180. The van der Waals surface area contributed by atoms with Gasteiger partial charge in [-0.05, 0) is 44.7 Å². The van der Waals surface area contributed by atoms with Crippen molar-refractivity contribution in [2.45, 2.75) is 50.7 Å². The molecule has 37 heavy (non-hydrogen) atoms. The number of urea groups is 1. The van der Waals surface area contributed by atoms with Crippen LogP contribution < -0.4 is 5.32 Å². The largest absolute Gasteiger partial charge is 0.378 e. The molecule has 3 aliphatic rings. The molecule has 2 fully saturated rings. The summed E-state index contributed by atoms with van der Waals surface area (Å²) in [5.74, 6) is -0.870. The zero-order valence-electron chi connectivity index (χ0n) is 21.2. The lowest BCUT2D eigenvalue weighted by atomic mass is 9.78. The van der Waals surface area contributed by atoms with E-state index in [0.717, 1.165) is 55.4 Å². The van der Waals surface area contributed by atoms with Gasteiger partial charge >= 0.3 is 6.03 Å². The van der Waals surface area contributed by atoms with E-state index in [1.165, 1.54) is 12.1 Å². The van der Waals surface area contributed by atoms with E-state index < -0.39 is 29.4 Å². The molecule has 1 N–H and O–H groups in total. The molecule has 3 heterocycles. The molecule has 2 aromatic rings. The fourth-order valence-electron chi connectivity index (χ4n) is 5.94. The Morgan fingerprint density at radius 1 is 1.16 bits per heavy atom. The smallest absolute Gasteiger partial charge is 0.320 e. The van der Waals surface area contributed by atoms with E-state index in [1.807, 2.05) is 21.9 Å². The molecule has 1 aromatic carbocycles. The third kappa shape index (κ3) is 4.81. The highest BCUT2D eigenvalue weighted by molar-refractivity contribution is 5.75. The van der Waals surface area contributed by atoms with Crippen LogP contribution in [0.2, 0.25) is 0 Å². The molecule has 198 valence electrons. The lowest BCUT2D eigenvalue weighted by Gasteiger charge is -2.37. The summed E-state index contributed by atoms with van der Waals surface area (Å²) in [6.07, 6.45) is 6.36. The van der Waals surface area contributed by atoms with Crippen molar-refractivity contribution in [1.29, 1.82) is 0 Å². The van der Waals surface area contributed by atoms with E-state index >= 15 is 0 Å². The molecule has 0 bridgehead atoms. The van der Waals surface area contributed by atoms with Crippen molar-refractivity contribution < 1.29 is 22.7 Å². The second-order valence-electron chi connectivity index (χ2n) is 10.2. The number of carbonyl (C=O) groups is 1. The van der Waals surface area contributed by atoms with Gasteiger partial charge in [0, 0.05) is 55.7 Å². The molecular weight excluding hydrogens is 481 g/mol. The SMILES string of the molecule is CO[C@]1(C2C=Cc3nccc(N[C@H](C)c4cccc(C(F)F)c4F)c3C2)CCN(C(=O)N2CCCC2)C1. The molecule has 6 nitrogen and oxygen atoms in total. The number of hydrogen-bond acceptors (Lipinski definition) is 4. The van der Waals surface area contributed by atoms with E-state index in [9.17, 15) is 18.0 Å². The van der Waals surface area contributed by atoms with Crippen molar-refractivity contribution >= 4 is 17.8 Å². The van der Waals surface area contributed by atoms with E-state index in [2.05, 4.69) is 16.4 Å². The molecule has 2 amide bonds.